The second kappa shape index (κ2) is 4.76. The molecule has 0 saturated heterocycles. The Morgan fingerprint density at radius 2 is 1.67 bits per heavy atom. The number of hydrogen-bond acceptors (Lipinski definition) is 4. The highest BCUT2D eigenvalue weighted by Crippen LogP contribution is 2.58. The van der Waals surface area contributed by atoms with Crippen LogP contribution in [-0.2, 0) is 14.6 Å². The average Bonchev–Trinajstić information content (AvgIpc) is 2.96. The van der Waals surface area contributed by atoms with Gasteiger partial charge in [-0.25, -0.2) is 8.42 Å². The summed E-state index contributed by atoms with van der Waals surface area (Å²) in [4.78, 5) is 0. The van der Waals surface area contributed by atoms with E-state index in [2.05, 4.69) is 0 Å². The van der Waals surface area contributed by atoms with Crippen molar-refractivity contribution in [1.82, 2.24) is 0 Å². The summed E-state index contributed by atoms with van der Waals surface area (Å²) in [7, 11) is -3.27. The van der Waals surface area contributed by atoms with E-state index < -0.39 is 19.3 Å². The molecule has 18 heavy (non-hydrogen) atoms. The SMILES string of the molecule is CC(C)(C)C1(S(=O)(=O)C(C)(C)COCCO)CC1. The molecule has 0 unspecified atom stereocenters. The fraction of sp³-hybridized carbons (Fsp3) is 1.00. The molecule has 0 radical (unpaired) electrons. The topological polar surface area (TPSA) is 63.6 Å². The first-order valence-electron chi connectivity index (χ1n) is 6.45. The zero-order valence-electron chi connectivity index (χ0n) is 12.1. The Morgan fingerprint density at radius 3 is 2.00 bits per heavy atom. The Bertz CT molecular complexity index is 386. The summed E-state index contributed by atoms with van der Waals surface area (Å²) >= 11 is 0. The van der Waals surface area contributed by atoms with Crippen molar-refractivity contribution in [2.24, 2.45) is 5.41 Å². The van der Waals surface area contributed by atoms with Crippen LogP contribution in [-0.4, -0.2) is 42.8 Å². The van der Waals surface area contributed by atoms with Crippen molar-refractivity contribution in [3.05, 3.63) is 0 Å². The van der Waals surface area contributed by atoms with Crippen molar-refractivity contribution in [2.75, 3.05) is 19.8 Å². The van der Waals surface area contributed by atoms with Gasteiger partial charge in [0.2, 0.25) is 0 Å². The van der Waals surface area contributed by atoms with Crippen LogP contribution >= 0.6 is 0 Å². The molecule has 1 rings (SSSR count). The van der Waals surface area contributed by atoms with Crippen LogP contribution < -0.4 is 0 Å². The van der Waals surface area contributed by atoms with Crippen LogP contribution in [0.25, 0.3) is 0 Å². The highest BCUT2D eigenvalue weighted by atomic mass is 32.2. The number of hydrogen-bond donors (Lipinski definition) is 1. The highest BCUT2D eigenvalue weighted by Gasteiger charge is 2.65. The molecule has 0 aromatic carbocycles. The van der Waals surface area contributed by atoms with Crippen molar-refractivity contribution >= 4 is 9.84 Å². The van der Waals surface area contributed by atoms with Gasteiger partial charge in [0, 0.05) is 0 Å². The molecule has 1 saturated carbocycles. The summed E-state index contributed by atoms with van der Waals surface area (Å²) in [5, 5.41) is 8.69. The van der Waals surface area contributed by atoms with E-state index in [1.165, 1.54) is 0 Å². The highest BCUT2D eigenvalue weighted by molar-refractivity contribution is 7.94. The second-order valence-electron chi connectivity index (χ2n) is 6.78. The quantitative estimate of drug-likeness (QED) is 0.752. The molecule has 0 aromatic rings. The van der Waals surface area contributed by atoms with E-state index in [1.54, 1.807) is 13.8 Å². The summed E-state index contributed by atoms with van der Waals surface area (Å²) in [6, 6.07) is 0. The van der Waals surface area contributed by atoms with Crippen molar-refractivity contribution < 1.29 is 18.3 Å². The third kappa shape index (κ3) is 2.45. The van der Waals surface area contributed by atoms with Crippen LogP contribution in [0.15, 0.2) is 0 Å². The van der Waals surface area contributed by atoms with Gasteiger partial charge in [-0.05, 0) is 32.1 Å². The fourth-order valence-corrected chi connectivity index (χ4v) is 5.27. The molecule has 0 aliphatic heterocycles. The molecule has 108 valence electrons. The number of rotatable bonds is 6. The Labute approximate surface area is 111 Å². The molecule has 0 spiro atoms. The molecule has 1 fully saturated rings. The molecule has 1 N–H and O–H groups in total. The summed E-state index contributed by atoms with van der Waals surface area (Å²) in [5.74, 6) is 0. The molecule has 0 aromatic heterocycles. The van der Waals surface area contributed by atoms with Gasteiger partial charge in [0.15, 0.2) is 9.84 Å². The third-order valence-corrected chi connectivity index (χ3v) is 7.62. The van der Waals surface area contributed by atoms with Crippen LogP contribution in [0.4, 0.5) is 0 Å². The molecule has 5 heteroatoms. The van der Waals surface area contributed by atoms with Crippen LogP contribution in [0.1, 0.15) is 47.5 Å². The number of sulfone groups is 1. The smallest absolute Gasteiger partial charge is 0.163 e. The van der Waals surface area contributed by atoms with Crippen LogP contribution in [0, 0.1) is 5.41 Å². The maximum absolute atomic E-state index is 12.8. The Kier molecular flexibility index (Phi) is 4.21. The predicted octanol–water partition coefficient (Wildman–Crippen LogP) is 1.77. The largest absolute Gasteiger partial charge is 0.394 e. The van der Waals surface area contributed by atoms with Gasteiger partial charge in [-0.15, -0.1) is 0 Å². The van der Waals surface area contributed by atoms with Gasteiger partial charge in [0.25, 0.3) is 0 Å². The molecule has 0 heterocycles. The first-order chi connectivity index (χ1) is 8.02. The van der Waals surface area contributed by atoms with Crippen LogP contribution in [0.2, 0.25) is 0 Å². The first kappa shape index (κ1) is 15.9. The maximum Gasteiger partial charge on any atom is 0.163 e. The average molecular weight is 278 g/mol. The van der Waals surface area contributed by atoms with E-state index in [1.807, 2.05) is 20.8 Å². The minimum Gasteiger partial charge on any atom is -0.394 e. The number of aliphatic hydroxyl groups excluding tert-OH is 1. The molecule has 4 nitrogen and oxygen atoms in total. The lowest BCUT2D eigenvalue weighted by molar-refractivity contribution is 0.0798. The van der Waals surface area contributed by atoms with E-state index in [0.717, 1.165) is 12.8 Å². The van der Waals surface area contributed by atoms with Gasteiger partial charge in [-0.1, -0.05) is 20.8 Å². The van der Waals surface area contributed by atoms with Crippen molar-refractivity contribution in [3.63, 3.8) is 0 Å². The minimum atomic E-state index is -3.27. The standard InChI is InChI=1S/C13H26O4S/c1-11(2,3)13(6-7-13)18(15,16)12(4,5)10-17-9-8-14/h14H,6-10H2,1-5H3. The molecule has 1 aliphatic carbocycles. The second-order valence-corrected chi connectivity index (χ2v) is 9.68. The number of aliphatic hydroxyl groups is 1. The normalized spacial score (nSPS) is 19.9. The number of ether oxygens (including phenoxy) is 1. The van der Waals surface area contributed by atoms with Crippen LogP contribution in [0.5, 0.6) is 0 Å². The van der Waals surface area contributed by atoms with Gasteiger partial charge in [-0.2, -0.15) is 0 Å². The van der Waals surface area contributed by atoms with Crippen molar-refractivity contribution in [2.45, 2.75) is 57.0 Å². The predicted molar refractivity (Wildman–Crippen MR) is 72.3 cm³/mol. The van der Waals surface area contributed by atoms with Gasteiger partial charge in [-0.3, -0.25) is 0 Å². The van der Waals surface area contributed by atoms with E-state index in [4.69, 9.17) is 9.84 Å². The summed E-state index contributed by atoms with van der Waals surface area (Å²) < 4.78 is 29.4. The Morgan fingerprint density at radius 1 is 1.17 bits per heavy atom. The Balaban J connectivity index is 2.93. The lowest BCUT2D eigenvalue weighted by atomic mass is 9.89. The molecule has 1 aliphatic rings. The van der Waals surface area contributed by atoms with Crippen molar-refractivity contribution in [3.8, 4) is 0 Å². The molecular weight excluding hydrogens is 252 g/mol. The molecule has 0 bridgehead atoms. The van der Waals surface area contributed by atoms with Gasteiger partial charge in [0.05, 0.1) is 29.3 Å². The van der Waals surface area contributed by atoms with Gasteiger partial charge >= 0.3 is 0 Å². The summed E-state index contributed by atoms with van der Waals surface area (Å²) in [6.45, 7) is 9.62. The zero-order valence-corrected chi connectivity index (χ0v) is 12.9. The van der Waals surface area contributed by atoms with E-state index in [-0.39, 0.29) is 25.2 Å². The monoisotopic (exact) mass is 278 g/mol. The van der Waals surface area contributed by atoms with E-state index in [9.17, 15) is 8.42 Å². The minimum absolute atomic E-state index is 0.0828. The van der Waals surface area contributed by atoms with Gasteiger partial charge in [0.1, 0.15) is 0 Å². The summed E-state index contributed by atoms with van der Waals surface area (Å²) in [6.07, 6.45) is 1.48. The fourth-order valence-electron chi connectivity index (χ4n) is 2.52. The molecule has 0 atom stereocenters. The Hall–Kier alpha value is -0.130. The maximum atomic E-state index is 12.8. The summed E-state index contributed by atoms with van der Waals surface area (Å²) in [5.41, 5.74) is -0.250. The lowest BCUT2D eigenvalue weighted by Crippen LogP contribution is -2.49. The molecular formula is C13H26O4S. The van der Waals surface area contributed by atoms with Crippen LogP contribution in [0.3, 0.4) is 0 Å². The van der Waals surface area contributed by atoms with E-state index in [0.29, 0.717) is 0 Å². The zero-order chi connectivity index (χ0) is 14.2. The third-order valence-electron chi connectivity index (χ3n) is 4.00. The first-order valence-corrected chi connectivity index (χ1v) is 7.93. The van der Waals surface area contributed by atoms with Gasteiger partial charge < -0.3 is 9.84 Å². The molecule has 0 amide bonds. The van der Waals surface area contributed by atoms with E-state index >= 15 is 0 Å². The lowest BCUT2D eigenvalue weighted by Gasteiger charge is -2.37. The van der Waals surface area contributed by atoms with Crippen molar-refractivity contribution in [1.29, 1.82) is 0 Å².